The van der Waals surface area contributed by atoms with Gasteiger partial charge in [-0.3, -0.25) is 4.79 Å². The zero-order chi connectivity index (χ0) is 20.4. The zero-order valence-corrected chi connectivity index (χ0v) is 17.0. The van der Waals surface area contributed by atoms with Gasteiger partial charge in [-0.15, -0.1) is 5.10 Å². The number of nitrogens with one attached hydrogen (secondary N) is 1. The number of carbonyl (C=O) groups is 1. The SMILES string of the molecule is CCn1nnc2cc(C(=O)Nc3ccccc3S(=O)(=O)N3CCCCC3)ccc21. The Hall–Kier alpha value is -2.78. The molecule has 0 atom stereocenters. The number of aromatic nitrogens is 3. The van der Waals surface area contributed by atoms with E-state index in [1.54, 1.807) is 41.1 Å². The van der Waals surface area contributed by atoms with Gasteiger partial charge in [-0.1, -0.05) is 23.8 Å². The van der Waals surface area contributed by atoms with Crippen molar-refractivity contribution in [2.75, 3.05) is 18.4 Å². The van der Waals surface area contributed by atoms with Crippen LogP contribution in [0.4, 0.5) is 5.69 Å². The average molecular weight is 414 g/mol. The Morgan fingerprint density at radius 2 is 1.86 bits per heavy atom. The lowest BCUT2D eigenvalue weighted by Gasteiger charge is -2.26. The molecule has 0 saturated carbocycles. The number of anilines is 1. The summed E-state index contributed by atoms with van der Waals surface area (Å²) in [7, 11) is -3.66. The van der Waals surface area contributed by atoms with Crippen LogP contribution in [-0.2, 0) is 16.6 Å². The molecule has 1 saturated heterocycles. The number of benzene rings is 2. The first-order chi connectivity index (χ1) is 14.0. The van der Waals surface area contributed by atoms with Crippen molar-refractivity contribution in [2.24, 2.45) is 0 Å². The first-order valence-corrected chi connectivity index (χ1v) is 11.2. The topological polar surface area (TPSA) is 97.2 Å². The molecule has 152 valence electrons. The number of hydrogen-bond donors (Lipinski definition) is 1. The first kappa shape index (κ1) is 19.5. The Labute approximate surface area is 169 Å². The van der Waals surface area contributed by atoms with Crippen LogP contribution in [0.2, 0.25) is 0 Å². The normalized spacial score (nSPS) is 15.5. The maximum absolute atomic E-state index is 13.1. The smallest absolute Gasteiger partial charge is 0.255 e. The molecule has 1 aliphatic rings. The second-order valence-corrected chi connectivity index (χ2v) is 8.93. The van der Waals surface area contributed by atoms with E-state index in [4.69, 9.17) is 0 Å². The summed E-state index contributed by atoms with van der Waals surface area (Å²) in [6.07, 6.45) is 2.74. The highest BCUT2D eigenvalue weighted by Gasteiger charge is 2.28. The maximum atomic E-state index is 13.1. The monoisotopic (exact) mass is 413 g/mol. The van der Waals surface area contributed by atoms with E-state index in [0.717, 1.165) is 24.8 Å². The molecule has 0 radical (unpaired) electrons. The van der Waals surface area contributed by atoms with E-state index in [0.29, 0.717) is 30.7 Å². The summed E-state index contributed by atoms with van der Waals surface area (Å²) in [6, 6.07) is 11.7. The lowest BCUT2D eigenvalue weighted by Crippen LogP contribution is -2.36. The van der Waals surface area contributed by atoms with Crippen LogP contribution in [0.1, 0.15) is 36.5 Å². The summed E-state index contributed by atoms with van der Waals surface area (Å²) in [6.45, 7) is 3.67. The van der Waals surface area contributed by atoms with Gasteiger partial charge in [-0.25, -0.2) is 13.1 Å². The van der Waals surface area contributed by atoms with Gasteiger partial charge in [0, 0.05) is 25.2 Å². The van der Waals surface area contributed by atoms with E-state index in [1.807, 2.05) is 6.92 Å². The summed E-state index contributed by atoms with van der Waals surface area (Å²) in [5, 5.41) is 10.9. The molecule has 9 heteroatoms. The lowest BCUT2D eigenvalue weighted by molar-refractivity contribution is 0.102. The summed E-state index contributed by atoms with van der Waals surface area (Å²) in [5.41, 5.74) is 2.14. The molecule has 0 unspecified atom stereocenters. The van der Waals surface area contributed by atoms with Gasteiger partial charge in [0.2, 0.25) is 10.0 Å². The van der Waals surface area contributed by atoms with Gasteiger partial charge >= 0.3 is 0 Å². The van der Waals surface area contributed by atoms with Crippen LogP contribution in [-0.4, -0.2) is 46.7 Å². The van der Waals surface area contributed by atoms with Crippen LogP contribution in [0.5, 0.6) is 0 Å². The Kier molecular flexibility index (Phi) is 5.33. The molecule has 1 amide bonds. The molecule has 2 aromatic carbocycles. The highest BCUT2D eigenvalue weighted by atomic mass is 32.2. The fourth-order valence-corrected chi connectivity index (χ4v) is 5.25. The number of nitrogens with zero attached hydrogens (tertiary/aromatic N) is 4. The van der Waals surface area contributed by atoms with Crippen LogP contribution in [0.25, 0.3) is 11.0 Å². The number of carbonyl (C=O) groups excluding carboxylic acids is 1. The number of sulfonamides is 1. The minimum atomic E-state index is -3.66. The zero-order valence-electron chi connectivity index (χ0n) is 16.2. The molecule has 4 rings (SSSR count). The fraction of sp³-hybridized carbons (Fsp3) is 0.350. The summed E-state index contributed by atoms with van der Waals surface area (Å²) in [5.74, 6) is -0.390. The van der Waals surface area contributed by atoms with Crippen LogP contribution >= 0.6 is 0 Å². The predicted octanol–water partition coefficient (Wildman–Crippen LogP) is 2.88. The van der Waals surface area contributed by atoms with Gasteiger partial charge in [0.25, 0.3) is 5.91 Å². The van der Waals surface area contributed by atoms with Crippen molar-refractivity contribution in [3.8, 4) is 0 Å². The number of amides is 1. The maximum Gasteiger partial charge on any atom is 0.255 e. The number of rotatable bonds is 5. The Balaban J connectivity index is 1.62. The molecule has 1 aliphatic heterocycles. The molecule has 3 aromatic rings. The standard InChI is InChI=1S/C20H23N5O3S/c1-2-25-18-11-10-15(14-17(18)22-23-25)20(26)21-16-8-4-5-9-19(16)29(27,28)24-12-6-3-7-13-24/h4-5,8-11,14H,2-3,6-7,12-13H2,1H3,(H,21,26). The second-order valence-electron chi connectivity index (χ2n) is 7.02. The van der Waals surface area contributed by atoms with Crippen LogP contribution in [0.3, 0.4) is 0 Å². The molecule has 2 heterocycles. The van der Waals surface area contributed by atoms with Gasteiger partial charge in [-0.05, 0) is 50.1 Å². The molecular formula is C20H23N5O3S. The van der Waals surface area contributed by atoms with Crippen LogP contribution in [0.15, 0.2) is 47.4 Å². The molecule has 0 bridgehead atoms. The summed E-state index contributed by atoms with van der Waals surface area (Å²) < 4.78 is 29.4. The predicted molar refractivity (Wildman–Crippen MR) is 110 cm³/mol. The number of aryl methyl sites for hydroxylation is 1. The van der Waals surface area contributed by atoms with Gasteiger partial charge < -0.3 is 5.32 Å². The minimum absolute atomic E-state index is 0.119. The van der Waals surface area contributed by atoms with Crippen molar-refractivity contribution in [1.82, 2.24) is 19.3 Å². The van der Waals surface area contributed by atoms with Crippen molar-refractivity contribution >= 4 is 32.7 Å². The van der Waals surface area contributed by atoms with E-state index in [9.17, 15) is 13.2 Å². The van der Waals surface area contributed by atoms with E-state index < -0.39 is 10.0 Å². The Morgan fingerprint density at radius 3 is 2.62 bits per heavy atom. The number of para-hydroxylation sites is 1. The minimum Gasteiger partial charge on any atom is -0.321 e. The van der Waals surface area contributed by atoms with Gasteiger partial charge in [-0.2, -0.15) is 4.31 Å². The fourth-order valence-electron chi connectivity index (χ4n) is 3.58. The van der Waals surface area contributed by atoms with Gasteiger partial charge in [0.05, 0.1) is 11.2 Å². The quantitative estimate of drug-likeness (QED) is 0.694. The third-order valence-electron chi connectivity index (χ3n) is 5.14. The van der Waals surface area contributed by atoms with Crippen molar-refractivity contribution in [3.63, 3.8) is 0 Å². The van der Waals surface area contributed by atoms with E-state index in [2.05, 4.69) is 15.6 Å². The third kappa shape index (κ3) is 3.75. The molecule has 8 nitrogen and oxygen atoms in total. The van der Waals surface area contributed by atoms with Crippen molar-refractivity contribution in [2.45, 2.75) is 37.6 Å². The Bertz CT molecular complexity index is 1150. The van der Waals surface area contributed by atoms with Crippen LogP contribution < -0.4 is 5.32 Å². The van der Waals surface area contributed by atoms with E-state index >= 15 is 0 Å². The van der Waals surface area contributed by atoms with E-state index in [-0.39, 0.29) is 16.5 Å². The first-order valence-electron chi connectivity index (χ1n) is 9.74. The molecule has 1 N–H and O–H groups in total. The van der Waals surface area contributed by atoms with Crippen molar-refractivity contribution in [1.29, 1.82) is 0 Å². The second kappa shape index (κ2) is 7.92. The molecule has 29 heavy (non-hydrogen) atoms. The molecule has 0 spiro atoms. The average Bonchev–Trinajstić information content (AvgIpc) is 3.17. The Morgan fingerprint density at radius 1 is 1.10 bits per heavy atom. The molecule has 1 fully saturated rings. The van der Waals surface area contributed by atoms with Gasteiger partial charge in [0.15, 0.2) is 0 Å². The molecule has 1 aromatic heterocycles. The summed E-state index contributed by atoms with van der Waals surface area (Å²) in [4.78, 5) is 12.9. The highest BCUT2D eigenvalue weighted by Crippen LogP contribution is 2.27. The largest absolute Gasteiger partial charge is 0.321 e. The summed E-state index contributed by atoms with van der Waals surface area (Å²) >= 11 is 0. The molecular weight excluding hydrogens is 390 g/mol. The highest BCUT2D eigenvalue weighted by molar-refractivity contribution is 7.89. The van der Waals surface area contributed by atoms with Crippen LogP contribution in [0, 0.1) is 0 Å². The van der Waals surface area contributed by atoms with Crippen molar-refractivity contribution < 1.29 is 13.2 Å². The lowest BCUT2D eigenvalue weighted by atomic mass is 10.2. The van der Waals surface area contributed by atoms with Crippen molar-refractivity contribution in [3.05, 3.63) is 48.0 Å². The number of hydrogen-bond acceptors (Lipinski definition) is 5. The number of fused-ring (bicyclic) bond motifs is 1. The molecule has 0 aliphatic carbocycles. The van der Waals surface area contributed by atoms with Gasteiger partial charge in [0.1, 0.15) is 10.4 Å². The third-order valence-corrected chi connectivity index (χ3v) is 7.10. The number of piperidine rings is 1. The van der Waals surface area contributed by atoms with E-state index in [1.165, 1.54) is 10.4 Å².